The van der Waals surface area contributed by atoms with Gasteiger partial charge in [0.2, 0.25) is 0 Å². The minimum absolute atomic E-state index is 0.150. The van der Waals surface area contributed by atoms with E-state index in [1.807, 2.05) is 0 Å². The molecule has 0 saturated heterocycles. The van der Waals surface area contributed by atoms with Crippen molar-refractivity contribution < 1.29 is 44.2 Å². The number of hydrogen-bond donors (Lipinski definition) is 6. The number of rotatable bonds is 14. The zero-order chi connectivity index (χ0) is 19.3. The van der Waals surface area contributed by atoms with Crippen LogP contribution in [0.4, 0.5) is 0 Å². The highest BCUT2D eigenvalue weighted by molar-refractivity contribution is 7.81. The summed E-state index contributed by atoms with van der Waals surface area (Å²) >= 11 is 7.50. The molecule has 4 N–H and O–H groups in total. The molecular weight excluding hydrogens is 376 g/mol. The molecule has 0 saturated carbocycles. The van der Waals surface area contributed by atoms with Crippen LogP contribution < -0.4 is 0 Å². The maximum absolute atomic E-state index is 11.2. The molecule has 0 bridgehead atoms. The summed E-state index contributed by atoms with van der Waals surface area (Å²) in [6.07, 6.45) is 0. The number of aliphatic hydroxyl groups is 4. The molecule has 0 radical (unpaired) electrons. The monoisotopic (exact) mass is 402 g/mol. The molecule has 9 nitrogen and oxygen atoms in total. The second-order valence-corrected chi connectivity index (χ2v) is 6.40. The van der Waals surface area contributed by atoms with Crippen molar-refractivity contribution in [2.45, 2.75) is 0 Å². The van der Waals surface area contributed by atoms with Crippen LogP contribution in [0.3, 0.4) is 0 Å². The molecule has 0 aliphatic heterocycles. The summed E-state index contributed by atoms with van der Waals surface area (Å²) in [5.74, 6) is -1.54. The van der Waals surface area contributed by atoms with Crippen molar-refractivity contribution in [3.63, 3.8) is 0 Å². The fourth-order valence-electron chi connectivity index (χ4n) is 1.59. The minimum Gasteiger partial charge on any atom is -0.464 e. The number of hydrogen-bond acceptors (Lipinski definition) is 11. The summed E-state index contributed by atoms with van der Waals surface area (Å²) in [7, 11) is 0. The number of ether oxygens (including phenoxy) is 3. The van der Waals surface area contributed by atoms with Gasteiger partial charge in [0.1, 0.15) is 13.2 Å². The Kier molecular flexibility index (Phi) is 12.5. The van der Waals surface area contributed by atoms with E-state index in [1.54, 1.807) is 0 Å². The summed E-state index contributed by atoms with van der Waals surface area (Å²) in [5.41, 5.74) is -2.51. The molecule has 0 fully saturated rings. The van der Waals surface area contributed by atoms with Crippen molar-refractivity contribution in [2.24, 2.45) is 10.8 Å². The molecule has 148 valence electrons. The largest absolute Gasteiger partial charge is 0.464 e. The lowest BCUT2D eigenvalue weighted by atomic mass is 9.90. The van der Waals surface area contributed by atoms with Gasteiger partial charge >= 0.3 is 11.9 Å². The lowest BCUT2D eigenvalue weighted by Gasteiger charge is -2.33. The number of carbonyl (C=O) groups excluding carboxylic acids is 2. The van der Waals surface area contributed by atoms with E-state index in [1.165, 1.54) is 0 Å². The van der Waals surface area contributed by atoms with Crippen LogP contribution in [0.2, 0.25) is 0 Å². The third-order valence-corrected chi connectivity index (χ3v) is 4.01. The van der Waals surface area contributed by atoms with Crippen LogP contribution in [0.1, 0.15) is 0 Å². The van der Waals surface area contributed by atoms with Crippen molar-refractivity contribution in [1.82, 2.24) is 0 Å². The summed E-state index contributed by atoms with van der Waals surface area (Å²) in [4.78, 5) is 22.3. The van der Waals surface area contributed by atoms with Gasteiger partial charge in [-0.15, -0.1) is 0 Å². The molecule has 0 rings (SSSR count). The maximum atomic E-state index is 11.2. The molecule has 0 aliphatic rings. The van der Waals surface area contributed by atoms with Crippen LogP contribution in [0, 0.1) is 10.8 Å². The molecule has 0 spiro atoms. The highest BCUT2D eigenvalue weighted by Gasteiger charge is 2.35. The minimum atomic E-state index is -1.25. The summed E-state index contributed by atoms with van der Waals surface area (Å²) < 4.78 is 15.2. The second kappa shape index (κ2) is 12.7. The molecule has 0 amide bonds. The Bertz CT molecular complexity index is 362. The van der Waals surface area contributed by atoms with E-state index in [-0.39, 0.29) is 37.9 Å². The average molecular weight is 402 g/mol. The van der Waals surface area contributed by atoms with Gasteiger partial charge in [0.05, 0.1) is 62.0 Å². The summed E-state index contributed by atoms with van der Waals surface area (Å²) in [6, 6.07) is 0. The van der Waals surface area contributed by atoms with Gasteiger partial charge in [0.15, 0.2) is 0 Å². The van der Waals surface area contributed by atoms with E-state index < -0.39 is 49.2 Å². The Labute approximate surface area is 157 Å². The lowest BCUT2D eigenvalue weighted by Crippen LogP contribution is -2.44. The lowest BCUT2D eigenvalue weighted by molar-refractivity contribution is -0.155. The molecule has 0 aromatic carbocycles. The van der Waals surface area contributed by atoms with Gasteiger partial charge < -0.3 is 34.6 Å². The first kappa shape index (κ1) is 24.4. The third kappa shape index (κ3) is 8.58. The summed E-state index contributed by atoms with van der Waals surface area (Å²) in [5, 5.41) is 37.9. The molecule has 0 aromatic heterocycles. The molecule has 0 aromatic rings. The molecule has 0 unspecified atom stereocenters. The third-order valence-electron chi connectivity index (χ3n) is 3.50. The van der Waals surface area contributed by atoms with Crippen LogP contribution in [-0.4, -0.2) is 96.7 Å². The zero-order valence-corrected chi connectivity index (χ0v) is 15.6. The van der Waals surface area contributed by atoms with E-state index in [9.17, 15) is 30.0 Å². The van der Waals surface area contributed by atoms with Gasteiger partial charge in [0.25, 0.3) is 0 Å². The first-order valence-electron chi connectivity index (χ1n) is 7.40. The van der Waals surface area contributed by atoms with Gasteiger partial charge in [0, 0.05) is 0 Å². The van der Waals surface area contributed by atoms with E-state index in [0.717, 1.165) is 0 Å². The quantitative estimate of drug-likeness (QED) is 0.142. The van der Waals surface area contributed by atoms with E-state index in [2.05, 4.69) is 25.3 Å². The highest BCUT2D eigenvalue weighted by atomic mass is 32.1. The van der Waals surface area contributed by atoms with Gasteiger partial charge in [-0.05, 0) is 0 Å². The first-order valence-corrected chi connectivity index (χ1v) is 8.67. The highest BCUT2D eigenvalue weighted by Crippen LogP contribution is 2.22. The number of esters is 2. The van der Waals surface area contributed by atoms with Gasteiger partial charge in [-0.25, -0.2) is 0 Å². The van der Waals surface area contributed by atoms with Crippen molar-refractivity contribution >= 4 is 37.2 Å². The normalized spacial score (nSPS) is 12.1. The first-order chi connectivity index (χ1) is 11.9. The topological polar surface area (TPSA) is 143 Å². The Hall–Kier alpha value is -0.560. The van der Waals surface area contributed by atoms with Crippen molar-refractivity contribution in [1.29, 1.82) is 0 Å². The second-order valence-electron chi connectivity index (χ2n) is 5.76. The standard InChI is InChI=1S/C14H26O9S2/c15-3-13(4-16,9-22-11(19)1-24)7-21-8-14(5-17,6-18)10-23-12(20)2-25/h15-18,24-25H,1-10H2. The number of aliphatic hydroxyl groups excluding tert-OH is 4. The Balaban J connectivity index is 4.73. The van der Waals surface area contributed by atoms with Gasteiger partial charge in [-0.2, -0.15) is 25.3 Å². The van der Waals surface area contributed by atoms with Crippen molar-refractivity contribution in [3.8, 4) is 0 Å². The Morgan fingerprint density at radius 1 is 0.680 bits per heavy atom. The molecule has 0 atom stereocenters. The van der Waals surface area contributed by atoms with E-state index >= 15 is 0 Å². The summed E-state index contributed by atoms with van der Waals surface area (Å²) in [6.45, 7) is -3.12. The van der Waals surface area contributed by atoms with Gasteiger partial charge in [-0.3, -0.25) is 9.59 Å². The van der Waals surface area contributed by atoms with Crippen LogP contribution >= 0.6 is 25.3 Å². The smallest absolute Gasteiger partial charge is 0.315 e. The SMILES string of the molecule is O=C(CS)OCC(CO)(CO)COCC(CO)(CO)COC(=O)CS. The van der Waals surface area contributed by atoms with Crippen LogP contribution in [0.5, 0.6) is 0 Å². The van der Waals surface area contributed by atoms with Crippen molar-refractivity contribution in [2.75, 3.05) is 64.4 Å². The average Bonchev–Trinajstić information content (AvgIpc) is 2.66. The predicted molar refractivity (Wildman–Crippen MR) is 93.7 cm³/mol. The van der Waals surface area contributed by atoms with Gasteiger partial charge in [-0.1, -0.05) is 0 Å². The number of thiol groups is 2. The molecule has 25 heavy (non-hydrogen) atoms. The Morgan fingerprint density at radius 2 is 1.00 bits per heavy atom. The maximum Gasteiger partial charge on any atom is 0.315 e. The predicted octanol–water partition coefficient (Wildman–Crippen LogP) is -2.11. The Morgan fingerprint density at radius 3 is 1.24 bits per heavy atom. The van der Waals surface area contributed by atoms with E-state index in [0.29, 0.717) is 0 Å². The number of carbonyl (C=O) groups is 2. The molecule has 11 heteroatoms. The van der Waals surface area contributed by atoms with Crippen LogP contribution in [-0.2, 0) is 23.8 Å². The van der Waals surface area contributed by atoms with Crippen LogP contribution in [0.15, 0.2) is 0 Å². The van der Waals surface area contributed by atoms with Crippen molar-refractivity contribution in [3.05, 3.63) is 0 Å². The fraction of sp³-hybridized carbons (Fsp3) is 0.857. The zero-order valence-electron chi connectivity index (χ0n) is 13.8. The molecule has 0 aliphatic carbocycles. The molecular formula is C14H26O9S2. The molecule has 0 heterocycles. The van der Waals surface area contributed by atoms with Crippen LogP contribution in [0.25, 0.3) is 0 Å². The van der Waals surface area contributed by atoms with E-state index in [4.69, 9.17) is 14.2 Å². The fourth-order valence-corrected chi connectivity index (χ4v) is 1.77.